The van der Waals surface area contributed by atoms with Crippen molar-refractivity contribution in [3.8, 4) is 0 Å². The Morgan fingerprint density at radius 1 is 1.15 bits per heavy atom. The molecule has 1 atom stereocenters. The van der Waals surface area contributed by atoms with Gasteiger partial charge in [0.25, 0.3) is 0 Å². The van der Waals surface area contributed by atoms with Gasteiger partial charge in [-0.2, -0.15) is 11.3 Å². The molecule has 0 radical (unpaired) electrons. The zero-order valence-electron chi connectivity index (χ0n) is 18.9. The van der Waals surface area contributed by atoms with Gasteiger partial charge < -0.3 is 15.8 Å². The second-order valence-electron chi connectivity index (χ2n) is 8.56. The SMILES string of the molecule is COC(=O)c1ccc(NC2CCCc3c2ccc(CC(=O)CCCc2ccsc2)c3N)cc1. The number of methoxy groups -OCH3 is 1. The fourth-order valence-electron chi connectivity index (χ4n) is 4.53. The van der Waals surface area contributed by atoms with Gasteiger partial charge in [0, 0.05) is 24.2 Å². The third-order valence-corrected chi connectivity index (χ3v) is 7.05. The van der Waals surface area contributed by atoms with Crippen LogP contribution >= 0.6 is 11.3 Å². The van der Waals surface area contributed by atoms with Crippen molar-refractivity contribution in [3.05, 3.63) is 81.0 Å². The number of hydrogen-bond donors (Lipinski definition) is 2. The van der Waals surface area contributed by atoms with E-state index in [1.165, 1.54) is 18.2 Å². The molecular formula is C27H30N2O3S. The van der Waals surface area contributed by atoms with Crippen molar-refractivity contribution in [3.63, 3.8) is 0 Å². The van der Waals surface area contributed by atoms with Crippen molar-refractivity contribution >= 4 is 34.5 Å². The Morgan fingerprint density at radius 2 is 1.97 bits per heavy atom. The maximum absolute atomic E-state index is 12.6. The highest BCUT2D eigenvalue weighted by Gasteiger charge is 2.23. The number of rotatable bonds is 9. The number of nitrogen functional groups attached to an aromatic ring is 1. The summed E-state index contributed by atoms with van der Waals surface area (Å²) in [4.78, 5) is 24.2. The number of fused-ring (bicyclic) bond motifs is 1. The predicted octanol–water partition coefficient (Wildman–Crippen LogP) is 5.74. The smallest absolute Gasteiger partial charge is 0.337 e. The molecule has 1 aliphatic carbocycles. The van der Waals surface area contributed by atoms with Gasteiger partial charge in [-0.25, -0.2) is 4.79 Å². The molecular weight excluding hydrogens is 432 g/mol. The van der Waals surface area contributed by atoms with E-state index in [2.05, 4.69) is 28.2 Å². The van der Waals surface area contributed by atoms with Crippen LogP contribution in [0.4, 0.5) is 11.4 Å². The molecule has 0 spiro atoms. The van der Waals surface area contributed by atoms with Gasteiger partial charge in [-0.1, -0.05) is 12.1 Å². The lowest BCUT2D eigenvalue weighted by Gasteiger charge is -2.29. The summed E-state index contributed by atoms with van der Waals surface area (Å²) in [6.45, 7) is 0. The van der Waals surface area contributed by atoms with E-state index in [0.717, 1.165) is 54.6 Å². The number of carbonyl (C=O) groups excluding carboxylic acids is 2. The molecule has 0 bridgehead atoms. The third-order valence-electron chi connectivity index (χ3n) is 6.31. The lowest BCUT2D eigenvalue weighted by Crippen LogP contribution is -2.20. The molecule has 0 amide bonds. The minimum absolute atomic E-state index is 0.149. The second-order valence-corrected chi connectivity index (χ2v) is 9.34. The number of anilines is 2. The monoisotopic (exact) mass is 462 g/mol. The summed E-state index contributed by atoms with van der Waals surface area (Å²) in [6.07, 6.45) is 5.78. The van der Waals surface area contributed by atoms with Gasteiger partial charge in [-0.05, 0) is 95.4 Å². The Morgan fingerprint density at radius 3 is 2.70 bits per heavy atom. The second kappa shape index (κ2) is 10.7. The molecule has 1 aliphatic rings. The molecule has 5 nitrogen and oxygen atoms in total. The number of ether oxygens (including phenoxy) is 1. The van der Waals surface area contributed by atoms with Crippen molar-refractivity contribution in [2.75, 3.05) is 18.2 Å². The maximum atomic E-state index is 12.6. The minimum Gasteiger partial charge on any atom is -0.465 e. The minimum atomic E-state index is -0.342. The van der Waals surface area contributed by atoms with Gasteiger partial charge in [0.05, 0.1) is 18.7 Å². The van der Waals surface area contributed by atoms with E-state index >= 15 is 0 Å². The fourth-order valence-corrected chi connectivity index (χ4v) is 5.23. The highest BCUT2D eigenvalue weighted by atomic mass is 32.1. The van der Waals surface area contributed by atoms with Gasteiger partial charge >= 0.3 is 5.97 Å². The molecule has 172 valence electrons. The summed E-state index contributed by atoms with van der Waals surface area (Å²) >= 11 is 1.69. The van der Waals surface area contributed by atoms with E-state index in [1.807, 2.05) is 18.2 Å². The number of Topliss-reactive ketones (excluding diaryl/α,β-unsaturated/α-hetero) is 1. The highest BCUT2D eigenvalue weighted by Crippen LogP contribution is 2.37. The van der Waals surface area contributed by atoms with Crippen LogP contribution in [0.5, 0.6) is 0 Å². The first-order valence-electron chi connectivity index (χ1n) is 11.4. The summed E-state index contributed by atoms with van der Waals surface area (Å²) in [5, 5.41) is 7.79. The number of esters is 1. The zero-order chi connectivity index (χ0) is 23.2. The molecule has 6 heteroatoms. The van der Waals surface area contributed by atoms with Gasteiger partial charge in [0.15, 0.2) is 0 Å². The largest absolute Gasteiger partial charge is 0.465 e. The van der Waals surface area contributed by atoms with E-state index in [1.54, 1.807) is 23.5 Å². The molecule has 2 aromatic carbocycles. The lowest BCUT2D eigenvalue weighted by atomic mass is 9.84. The normalized spacial score (nSPS) is 15.0. The predicted molar refractivity (Wildman–Crippen MR) is 134 cm³/mol. The van der Waals surface area contributed by atoms with Crippen molar-refractivity contribution < 1.29 is 14.3 Å². The third kappa shape index (κ3) is 5.63. The van der Waals surface area contributed by atoms with Crippen molar-refractivity contribution in [1.29, 1.82) is 0 Å². The number of nitrogens with two attached hydrogens (primary N) is 1. The molecule has 0 saturated heterocycles. The summed E-state index contributed by atoms with van der Waals surface area (Å²) in [6, 6.07) is 13.7. The molecule has 1 unspecified atom stereocenters. The zero-order valence-corrected chi connectivity index (χ0v) is 19.8. The summed E-state index contributed by atoms with van der Waals surface area (Å²) in [7, 11) is 1.38. The molecule has 3 N–H and O–H groups in total. The van der Waals surface area contributed by atoms with Crippen LogP contribution in [0.25, 0.3) is 0 Å². The Balaban J connectivity index is 1.40. The molecule has 3 aromatic rings. The van der Waals surface area contributed by atoms with Gasteiger partial charge in [-0.3, -0.25) is 4.79 Å². The van der Waals surface area contributed by atoms with Crippen LogP contribution in [0.2, 0.25) is 0 Å². The Labute approximate surface area is 199 Å². The standard InChI is InChI=1S/C27H30N2O3S/c1-32-27(31)19-8-11-21(12-9-19)29-25-7-3-6-24-23(25)13-10-20(26(24)28)16-22(30)5-2-4-18-14-15-33-17-18/h8-15,17,25,29H,2-7,16,28H2,1H3. The maximum Gasteiger partial charge on any atom is 0.337 e. The van der Waals surface area contributed by atoms with Crippen molar-refractivity contribution in [2.24, 2.45) is 0 Å². The van der Waals surface area contributed by atoms with E-state index in [-0.39, 0.29) is 17.8 Å². The van der Waals surface area contributed by atoms with Gasteiger partial charge in [0.2, 0.25) is 0 Å². The molecule has 33 heavy (non-hydrogen) atoms. The van der Waals surface area contributed by atoms with Crippen molar-refractivity contribution in [2.45, 2.75) is 51.0 Å². The average Bonchev–Trinajstić information content (AvgIpc) is 3.35. The summed E-state index contributed by atoms with van der Waals surface area (Å²) in [5.74, 6) is -0.0982. The van der Waals surface area contributed by atoms with Crippen molar-refractivity contribution in [1.82, 2.24) is 0 Å². The lowest BCUT2D eigenvalue weighted by molar-refractivity contribution is -0.118. The van der Waals surface area contributed by atoms with Gasteiger partial charge in [0.1, 0.15) is 5.78 Å². The first kappa shape index (κ1) is 23.1. The molecule has 1 aromatic heterocycles. The average molecular weight is 463 g/mol. The molecule has 0 aliphatic heterocycles. The summed E-state index contributed by atoms with van der Waals surface area (Å²) < 4.78 is 4.77. The summed E-state index contributed by atoms with van der Waals surface area (Å²) in [5.41, 5.74) is 13.4. The molecule has 0 saturated carbocycles. The number of benzene rings is 2. The van der Waals surface area contributed by atoms with Crippen LogP contribution in [0.1, 0.15) is 64.3 Å². The molecule has 1 heterocycles. The highest BCUT2D eigenvalue weighted by molar-refractivity contribution is 7.07. The molecule has 0 fully saturated rings. The fraction of sp³-hybridized carbons (Fsp3) is 0.333. The van der Waals surface area contributed by atoms with Crippen LogP contribution < -0.4 is 11.1 Å². The number of nitrogens with one attached hydrogen (secondary N) is 1. The van der Waals surface area contributed by atoms with E-state index < -0.39 is 0 Å². The topological polar surface area (TPSA) is 81.4 Å². The van der Waals surface area contributed by atoms with Crippen LogP contribution in [0, 0.1) is 0 Å². The van der Waals surface area contributed by atoms with E-state index in [4.69, 9.17) is 10.5 Å². The molecule has 4 rings (SSSR count). The first-order chi connectivity index (χ1) is 16.0. The number of aryl methyl sites for hydroxylation is 1. The number of hydrogen-bond acceptors (Lipinski definition) is 6. The Hall–Kier alpha value is -3.12. The van der Waals surface area contributed by atoms with Crippen LogP contribution in [-0.4, -0.2) is 18.9 Å². The Bertz CT molecular complexity index is 1110. The van der Waals surface area contributed by atoms with E-state index in [9.17, 15) is 9.59 Å². The quantitative estimate of drug-likeness (QED) is 0.313. The van der Waals surface area contributed by atoms with Crippen LogP contribution in [-0.2, 0) is 28.8 Å². The van der Waals surface area contributed by atoms with E-state index in [0.29, 0.717) is 18.4 Å². The van der Waals surface area contributed by atoms with Crippen LogP contribution in [0.15, 0.2) is 53.2 Å². The van der Waals surface area contributed by atoms with Crippen LogP contribution in [0.3, 0.4) is 0 Å². The number of ketones is 1. The first-order valence-corrected chi connectivity index (χ1v) is 12.4. The van der Waals surface area contributed by atoms with Gasteiger partial charge in [-0.15, -0.1) is 0 Å². The number of thiophene rings is 1. The Kier molecular flexibility index (Phi) is 7.45. The number of carbonyl (C=O) groups is 2.